The molecular weight excluding hydrogens is 544 g/mol. The minimum atomic E-state index is -0.754. The number of ketones is 2. The van der Waals surface area contributed by atoms with E-state index in [1.54, 1.807) is 48.5 Å². The van der Waals surface area contributed by atoms with Crippen LogP contribution >= 0.6 is 31.9 Å². The number of rotatable bonds is 8. The molecule has 0 radical (unpaired) electrons. The Morgan fingerprint density at radius 3 is 1.31 bits per heavy atom. The maximum absolute atomic E-state index is 12.3. The van der Waals surface area contributed by atoms with Crippen molar-refractivity contribution in [2.45, 2.75) is 0 Å². The molecule has 0 aliphatic heterocycles. The van der Waals surface area contributed by atoms with Crippen LogP contribution in [0, 0.1) is 0 Å². The summed E-state index contributed by atoms with van der Waals surface area (Å²) in [4.78, 5) is 48.9. The highest BCUT2D eigenvalue weighted by molar-refractivity contribution is 9.10. The van der Waals surface area contributed by atoms with Gasteiger partial charge in [0.15, 0.2) is 24.8 Å². The van der Waals surface area contributed by atoms with E-state index in [4.69, 9.17) is 9.47 Å². The zero-order valence-corrected chi connectivity index (χ0v) is 19.7. The molecule has 0 aliphatic rings. The molecule has 0 saturated heterocycles. The van der Waals surface area contributed by atoms with Crippen LogP contribution in [0.15, 0.2) is 81.7 Å². The smallest absolute Gasteiger partial charge is 0.338 e. The van der Waals surface area contributed by atoms with Crippen LogP contribution in [0.3, 0.4) is 0 Å². The van der Waals surface area contributed by atoms with Gasteiger partial charge in [-0.2, -0.15) is 0 Å². The van der Waals surface area contributed by atoms with Crippen LogP contribution in [0.5, 0.6) is 0 Å². The molecule has 3 aromatic carbocycles. The number of halogens is 2. The quantitative estimate of drug-likeness (QED) is 0.275. The van der Waals surface area contributed by atoms with Gasteiger partial charge in [-0.15, -0.1) is 0 Å². The summed E-state index contributed by atoms with van der Waals surface area (Å²) in [7, 11) is 0. The Kier molecular flexibility index (Phi) is 8.08. The molecule has 162 valence electrons. The van der Waals surface area contributed by atoms with Gasteiger partial charge in [-0.3, -0.25) is 9.59 Å². The fraction of sp³-hybridized carbons (Fsp3) is 0.0833. The number of hydrogen-bond acceptors (Lipinski definition) is 6. The minimum Gasteiger partial charge on any atom is -0.454 e. The number of ether oxygens (including phenoxy) is 2. The van der Waals surface area contributed by atoms with Crippen LogP contribution in [0.1, 0.15) is 41.4 Å². The van der Waals surface area contributed by atoms with E-state index in [1.807, 2.05) is 0 Å². The van der Waals surface area contributed by atoms with Gasteiger partial charge in [-0.25, -0.2) is 9.59 Å². The molecule has 0 unspecified atom stereocenters. The van der Waals surface area contributed by atoms with Crippen molar-refractivity contribution in [2.75, 3.05) is 13.2 Å². The Morgan fingerprint density at radius 2 is 0.938 bits per heavy atom. The lowest BCUT2D eigenvalue weighted by molar-refractivity contribution is 0.0468. The first-order valence-electron chi connectivity index (χ1n) is 9.35. The number of benzene rings is 3. The Hall–Kier alpha value is -3.10. The summed E-state index contributed by atoms with van der Waals surface area (Å²) in [5.74, 6) is -2.21. The monoisotopic (exact) mass is 558 g/mol. The second kappa shape index (κ2) is 11.0. The highest BCUT2D eigenvalue weighted by atomic mass is 79.9. The molecule has 8 heteroatoms. The lowest BCUT2D eigenvalue weighted by Gasteiger charge is -2.07. The van der Waals surface area contributed by atoms with Gasteiger partial charge < -0.3 is 9.47 Å². The van der Waals surface area contributed by atoms with Crippen LogP contribution in [-0.4, -0.2) is 36.7 Å². The zero-order valence-electron chi connectivity index (χ0n) is 16.5. The molecule has 0 N–H and O–H groups in total. The molecule has 0 bridgehead atoms. The lowest BCUT2D eigenvalue weighted by Crippen LogP contribution is -2.16. The van der Waals surface area contributed by atoms with Gasteiger partial charge in [0, 0.05) is 20.1 Å². The lowest BCUT2D eigenvalue weighted by atomic mass is 10.1. The molecular formula is C24H16Br2O6. The van der Waals surface area contributed by atoms with Crippen molar-refractivity contribution < 1.29 is 28.7 Å². The van der Waals surface area contributed by atoms with Gasteiger partial charge in [0.25, 0.3) is 0 Å². The first kappa shape index (κ1) is 23.6. The molecule has 3 aromatic rings. The summed E-state index contributed by atoms with van der Waals surface area (Å²) < 4.78 is 11.8. The molecule has 0 saturated carbocycles. The van der Waals surface area contributed by atoms with Crippen molar-refractivity contribution in [1.29, 1.82) is 0 Å². The summed E-state index contributed by atoms with van der Waals surface area (Å²) in [5, 5.41) is 0. The third-order valence-electron chi connectivity index (χ3n) is 4.34. The summed E-state index contributed by atoms with van der Waals surface area (Å²) in [6, 6.07) is 19.0. The first-order valence-corrected chi connectivity index (χ1v) is 10.9. The third-order valence-corrected chi connectivity index (χ3v) is 5.39. The highest BCUT2D eigenvalue weighted by Gasteiger charge is 2.16. The number of carbonyl (C=O) groups is 4. The minimum absolute atomic E-state index is 0.0855. The number of carbonyl (C=O) groups excluding carboxylic acids is 4. The predicted octanol–water partition coefficient (Wildman–Crippen LogP) is 5.29. The zero-order chi connectivity index (χ0) is 23.1. The van der Waals surface area contributed by atoms with E-state index in [0.717, 1.165) is 8.95 Å². The second-order valence-electron chi connectivity index (χ2n) is 6.59. The van der Waals surface area contributed by atoms with Crippen molar-refractivity contribution in [1.82, 2.24) is 0 Å². The molecule has 0 spiro atoms. The summed E-state index contributed by atoms with van der Waals surface area (Å²) in [6.45, 7) is -0.867. The molecule has 0 fully saturated rings. The van der Waals surface area contributed by atoms with E-state index >= 15 is 0 Å². The predicted molar refractivity (Wildman–Crippen MR) is 124 cm³/mol. The van der Waals surface area contributed by atoms with Crippen LogP contribution in [0.2, 0.25) is 0 Å². The molecule has 0 aliphatic carbocycles. The van der Waals surface area contributed by atoms with Crippen LogP contribution in [0.4, 0.5) is 0 Å². The normalized spacial score (nSPS) is 10.3. The van der Waals surface area contributed by atoms with Crippen LogP contribution in [-0.2, 0) is 9.47 Å². The maximum Gasteiger partial charge on any atom is 0.338 e. The van der Waals surface area contributed by atoms with Gasteiger partial charge in [0.05, 0.1) is 11.1 Å². The fourth-order valence-corrected chi connectivity index (χ4v) is 3.17. The van der Waals surface area contributed by atoms with Gasteiger partial charge in [0.2, 0.25) is 0 Å². The van der Waals surface area contributed by atoms with Crippen molar-refractivity contribution in [3.63, 3.8) is 0 Å². The number of Topliss-reactive ketones (excluding diaryl/α,β-unsaturated/α-hetero) is 2. The average molecular weight is 560 g/mol. The van der Waals surface area contributed by atoms with Gasteiger partial charge >= 0.3 is 11.9 Å². The van der Waals surface area contributed by atoms with E-state index in [1.165, 1.54) is 24.3 Å². The van der Waals surface area contributed by atoms with Gasteiger partial charge in [-0.05, 0) is 42.5 Å². The molecule has 0 heterocycles. The van der Waals surface area contributed by atoms with Gasteiger partial charge in [-0.1, -0.05) is 62.2 Å². The van der Waals surface area contributed by atoms with Crippen LogP contribution in [0.25, 0.3) is 0 Å². The molecule has 6 nitrogen and oxygen atoms in total. The third kappa shape index (κ3) is 6.45. The molecule has 0 amide bonds. The van der Waals surface area contributed by atoms with E-state index in [0.29, 0.717) is 11.1 Å². The second-order valence-corrected chi connectivity index (χ2v) is 8.42. The average Bonchev–Trinajstić information content (AvgIpc) is 2.81. The highest BCUT2D eigenvalue weighted by Crippen LogP contribution is 2.14. The SMILES string of the molecule is O=C(COC(=O)c1cccc(C(=O)OCC(=O)c2ccc(Br)cc2)c1)c1ccc(Br)cc1. The van der Waals surface area contributed by atoms with Crippen molar-refractivity contribution in [2.24, 2.45) is 0 Å². The largest absolute Gasteiger partial charge is 0.454 e. The van der Waals surface area contributed by atoms with Crippen molar-refractivity contribution in [3.05, 3.63) is 104 Å². The summed E-state index contributed by atoms with van der Waals surface area (Å²) in [6.07, 6.45) is 0. The summed E-state index contributed by atoms with van der Waals surface area (Å²) in [5.41, 5.74) is 0.993. The number of esters is 2. The topological polar surface area (TPSA) is 86.7 Å². The van der Waals surface area contributed by atoms with Crippen molar-refractivity contribution in [3.8, 4) is 0 Å². The van der Waals surface area contributed by atoms with Crippen molar-refractivity contribution >= 4 is 55.4 Å². The molecule has 3 rings (SSSR count). The Balaban J connectivity index is 1.56. The summed E-state index contributed by atoms with van der Waals surface area (Å²) >= 11 is 6.57. The van der Waals surface area contributed by atoms with Gasteiger partial charge in [0.1, 0.15) is 0 Å². The Morgan fingerprint density at radius 1 is 0.562 bits per heavy atom. The maximum atomic E-state index is 12.3. The van der Waals surface area contributed by atoms with E-state index in [-0.39, 0.29) is 22.7 Å². The molecule has 0 atom stereocenters. The molecule has 32 heavy (non-hydrogen) atoms. The Bertz CT molecular complexity index is 1070. The van der Waals surface area contributed by atoms with E-state index in [9.17, 15) is 19.2 Å². The van der Waals surface area contributed by atoms with Crippen LogP contribution < -0.4 is 0 Å². The number of hydrogen-bond donors (Lipinski definition) is 0. The fourth-order valence-electron chi connectivity index (χ4n) is 2.64. The Labute approximate surface area is 200 Å². The first-order chi connectivity index (χ1) is 15.3. The standard InChI is InChI=1S/C24H16Br2O6/c25-19-8-4-15(5-9-19)21(27)13-31-23(29)17-2-1-3-18(12-17)24(30)32-14-22(28)16-6-10-20(26)11-7-16/h1-12H,13-14H2. The van der Waals surface area contributed by atoms with E-state index < -0.39 is 25.2 Å². The molecule has 0 aromatic heterocycles. The van der Waals surface area contributed by atoms with E-state index in [2.05, 4.69) is 31.9 Å².